The van der Waals surface area contributed by atoms with Gasteiger partial charge in [-0.15, -0.1) is 53.1 Å². The number of rotatable bonds is 3. The normalized spacial score (nSPS) is 23.7. The van der Waals surface area contributed by atoms with E-state index in [1.807, 2.05) is 0 Å². The summed E-state index contributed by atoms with van der Waals surface area (Å²) < 4.78 is 1.42. The Bertz CT molecular complexity index is 1920. The summed E-state index contributed by atoms with van der Waals surface area (Å²) in [7, 11) is 0. The molecule has 4 fully saturated rings. The van der Waals surface area contributed by atoms with Crippen LogP contribution in [0.25, 0.3) is 21.5 Å². The summed E-state index contributed by atoms with van der Waals surface area (Å²) in [6.45, 7) is 16.0. The quantitative estimate of drug-likeness (QED) is 0.161. The molecule has 5 aromatic rings. The molecule has 4 saturated carbocycles. The minimum absolute atomic E-state index is 0.194. The summed E-state index contributed by atoms with van der Waals surface area (Å²) in [5.74, 6) is 3.19. The molecule has 4 bridgehead atoms. The monoisotopic (exact) mass is 746 g/mol. The van der Waals surface area contributed by atoms with E-state index >= 15 is 0 Å². The Balaban J connectivity index is 0.000000122. The third kappa shape index (κ3) is 7.86. The van der Waals surface area contributed by atoms with E-state index in [2.05, 4.69) is 164 Å². The molecule has 0 aliphatic heterocycles. The molecule has 0 amide bonds. The van der Waals surface area contributed by atoms with Gasteiger partial charge < -0.3 is 0 Å². The first kappa shape index (κ1) is 36.3. The maximum atomic E-state index is 3.69. The van der Waals surface area contributed by atoms with Crippen LogP contribution in [0.5, 0.6) is 0 Å². The van der Waals surface area contributed by atoms with Crippen molar-refractivity contribution in [3.63, 3.8) is 0 Å². The predicted octanol–water partition coefficient (Wildman–Crippen LogP) is 13.4. The summed E-state index contributed by atoms with van der Waals surface area (Å²) in [5.41, 5.74) is 9.65. The van der Waals surface area contributed by atoms with Crippen molar-refractivity contribution in [1.29, 1.82) is 0 Å². The predicted molar refractivity (Wildman–Crippen MR) is 216 cm³/mol. The van der Waals surface area contributed by atoms with Gasteiger partial charge in [0.1, 0.15) is 0 Å². The summed E-state index contributed by atoms with van der Waals surface area (Å²) >= 11 is 1.46. The van der Waals surface area contributed by atoms with E-state index in [-0.39, 0.29) is 10.8 Å². The average Bonchev–Trinajstić information content (AvgIpc) is 3.71. The SMILES string of the molecule is CC(C)(C)c1ccc2[cH-]c3ccc(C(C)(C)C)cc3c2c1.CC1=CC[C-]=C1C12CC3CC(CC(C3)C1)C2.[Zr+2]=[C](c1ccccc1)c1ccccc1. The van der Waals surface area contributed by atoms with E-state index in [1.165, 1.54) is 90.5 Å². The Hall–Kier alpha value is -3.02. The fourth-order valence-corrected chi connectivity index (χ4v) is 10.7. The van der Waals surface area contributed by atoms with Crippen LogP contribution in [-0.4, -0.2) is 3.21 Å². The summed E-state index contributed by atoms with van der Waals surface area (Å²) in [6.07, 6.45) is 16.3. The van der Waals surface area contributed by atoms with E-state index in [4.69, 9.17) is 0 Å². The standard InChI is InChI=1S/C21H25.C16H21.C13H10.Zr/c1-20(2,3)16-9-7-14-11-15-8-10-17(21(4,5)6)13-19(15)18(14)12-16;1-11-3-2-4-15(11)16-8-12-5-13(9-16)7-14(6-12)10-16;1-3-7-12(8-4-1)11-13-9-5-2-6-10-13;/h7-13H,1-6H3;3,12-14H,2,5-10H2,1H3;1-10H;/q2*-1;;+2. The van der Waals surface area contributed by atoms with Crippen molar-refractivity contribution >= 4 is 24.8 Å². The van der Waals surface area contributed by atoms with Crippen LogP contribution < -0.4 is 0 Å². The van der Waals surface area contributed by atoms with E-state index in [9.17, 15) is 0 Å². The molecule has 0 heterocycles. The van der Waals surface area contributed by atoms with Crippen LogP contribution in [0, 0.1) is 29.2 Å². The minimum atomic E-state index is 0.194. The average molecular weight is 748 g/mol. The van der Waals surface area contributed by atoms with Gasteiger partial charge >= 0.3 is 99.2 Å². The number of hydrogen-bond donors (Lipinski definition) is 0. The molecule has 0 atom stereocenters. The molecule has 5 aromatic carbocycles. The molecule has 0 nitrogen and oxygen atoms in total. The molecule has 1 heteroatoms. The van der Waals surface area contributed by atoms with Crippen molar-refractivity contribution in [3.8, 4) is 0 Å². The van der Waals surface area contributed by atoms with Crippen LogP contribution in [0.4, 0.5) is 0 Å². The first-order chi connectivity index (χ1) is 24.3. The molecular weight excluding hydrogens is 692 g/mol. The van der Waals surface area contributed by atoms with Crippen molar-refractivity contribution in [2.45, 2.75) is 104 Å². The second-order valence-corrected chi connectivity index (χ2v) is 19.4. The van der Waals surface area contributed by atoms with Crippen LogP contribution in [0.3, 0.4) is 0 Å². The van der Waals surface area contributed by atoms with Gasteiger partial charge in [0.15, 0.2) is 0 Å². The van der Waals surface area contributed by atoms with Gasteiger partial charge in [0.25, 0.3) is 0 Å². The summed E-state index contributed by atoms with van der Waals surface area (Å²) in [4.78, 5) is 0. The van der Waals surface area contributed by atoms with Gasteiger partial charge in [-0.3, -0.25) is 6.08 Å². The van der Waals surface area contributed by atoms with Gasteiger partial charge in [0, 0.05) is 0 Å². The molecule has 0 saturated heterocycles. The number of allylic oxidation sites excluding steroid dienone is 4. The molecule has 0 unspecified atom stereocenters. The molecule has 260 valence electrons. The van der Waals surface area contributed by atoms with Gasteiger partial charge in [0.2, 0.25) is 0 Å². The first-order valence-corrected chi connectivity index (χ1v) is 20.6. The molecule has 0 aromatic heterocycles. The second kappa shape index (κ2) is 14.4. The van der Waals surface area contributed by atoms with Crippen molar-refractivity contribution in [1.82, 2.24) is 0 Å². The Morgan fingerprint density at radius 3 is 1.45 bits per heavy atom. The third-order valence-corrected chi connectivity index (χ3v) is 13.6. The van der Waals surface area contributed by atoms with Gasteiger partial charge in [-0.05, 0) is 72.5 Å². The molecule has 0 N–H and O–H groups in total. The van der Waals surface area contributed by atoms with Gasteiger partial charge in [0.05, 0.1) is 0 Å². The van der Waals surface area contributed by atoms with Crippen LogP contribution >= 0.6 is 0 Å². The second-order valence-electron chi connectivity index (χ2n) is 18.2. The number of hydrogen-bond acceptors (Lipinski definition) is 0. The Kier molecular flexibility index (Phi) is 10.3. The van der Waals surface area contributed by atoms with E-state index < -0.39 is 0 Å². The van der Waals surface area contributed by atoms with Crippen LogP contribution in [0.2, 0.25) is 0 Å². The summed E-state index contributed by atoms with van der Waals surface area (Å²) in [6, 6.07) is 37.3. The van der Waals surface area contributed by atoms with Crippen molar-refractivity contribution in [2.24, 2.45) is 23.2 Å². The van der Waals surface area contributed by atoms with Crippen molar-refractivity contribution in [3.05, 3.63) is 149 Å². The van der Waals surface area contributed by atoms with Crippen LogP contribution in [-0.2, 0) is 35.1 Å². The van der Waals surface area contributed by atoms with E-state index in [0.717, 1.165) is 24.2 Å². The summed E-state index contributed by atoms with van der Waals surface area (Å²) in [5, 5.41) is 5.49. The zero-order chi connectivity index (χ0) is 36.0. The Labute approximate surface area is 323 Å². The maximum absolute atomic E-state index is 3.69. The fraction of sp³-hybridized carbons (Fsp3) is 0.400. The number of fused-ring (bicyclic) bond motifs is 3. The molecule has 51 heavy (non-hydrogen) atoms. The first-order valence-electron chi connectivity index (χ1n) is 19.4. The topological polar surface area (TPSA) is 0 Å². The molecule has 5 aliphatic rings. The van der Waals surface area contributed by atoms with E-state index in [1.54, 1.807) is 30.4 Å². The zero-order valence-electron chi connectivity index (χ0n) is 32.1. The third-order valence-electron chi connectivity index (χ3n) is 12.2. The molecule has 0 radical (unpaired) electrons. The molecule has 5 aliphatic carbocycles. The van der Waals surface area contributed by atoms with E-state index in [0.29, 0.717) is 5.41 Å². The van der Waals surface area contributed by atoms with Gasteiger partial charge in [-0.2, -0.15) is 6.08 Å². The van der Waals surface area contributed by atoms with Crippen molar-refractivity contribution < 1.29 is 24.2 Å². The van der Waals surface area contributed by atoms with Gasteiger partial charge in [-0.25, -0.2) is 11.1 Å². The number of benzene rings is 4. The van der Waals surface area contributed by atoms with Crippen molar-refractivity contribution in [2.75, 3.05) is 0 Å². The van der Waals surface area contributed by atoms with Crippen LogP contribution in [0.15, 0.2) is 120 Å². The molecular formula is C50H56Zr. The van der Waals surface area contributed by atoms with Gasteiger partial charge in [-0.1, -0.05) is 76.9 Å². The fourth-order valence-electron chi connectivity index (χ4n) is 9.88. The molecule has 0 spiro atoms. The zero-order valence-corrected chi connectivity index (χ0v) is 34.5. The van der Waals surface area contributed by atoms with Crippen LogP contribution in [0.1, 0.15) is 116 Å². The Morgan fingerprint density at radius 2 is 1.08 bits per heavy atom. The Morgan fingerprint density at radius 1 is 0.647 bits per heavy atom. The molecule has 10 rings (SSSR count).